The lowest BCUT2D eigenvalue weighted by molar-refractivity contribution is 0.0622. The SMILES string of the molecule is O=C(c1ccccc1)C1CN(Nc2ccccc2)CC(C(=O)c2ccccc2)C1c1ccccc1. The molecule has 4 nitrogen and oxygen atoms in total. The highest BCUT2D eigenvalue weighted by molar-refractivity contribution is 6.02. The molecular weight excluding hydrogens is 432 g/mol. The van der Waals surface area contributed by atoms with E-state index in [0.717, 1.165) is 11.3 Å². The van der Waals surface area contributed by atoms with E-state index >= 15 is 0 Å². The van der Waals surface area contributed by atoms with Crippen molar-refractivity contribution in [1.29, 1.82) is 0 Å². The van der Waals surface area contributed by atoms with Gasteiger partial charge in [-0.05, 0) is 17.7 Å². The second-order valence-corrected chi connectivity index (χ2v) is 8.99. The van der Waals surface area contributed by atoms with Crippen molar-refractivity contribution in [2.75, 3.05) is 18.5 Å². The summed E-state index contributed by atoms with van der Waals surface area (Å²) in [5, 5.41) is 2.03. The minimum atomic E-state index is -0.387. The van der Waals surface area contributed by atoms with Crippen LogP contribution < -0.4 is 5.43 Å². The van der Waals surface area contributed by atoms with E-state index in [1.54, 1.807) is 0 Å². The van der Waals surface area contributed by atoms with E-state index in [1.807, 2.05) is 126 Å². The van der Waals surface area contributed by atoms with Crippen molar-refractivity contribution in [3.8, 4) is 0 Å². The number of nitrogens with zero attached hydrogens (tertiary/aromatic N) is 1. The first-order valence-electron chi connectivity index (χ1n) is 12.0. The molecule has 0 bridgehead atoms. The zero-order valence-corrected chi connectivity index (χ0v) is 19.5. The summed E-state index contributed by atoms with van der Waals surface area (Å²) < 4.78 is 0. The Hall–Kier alpha value is -4.02. The Morgan fingerprint density at radius 2 is 0.971 bits per heavy atom. The van der Waals surface area contributed by atoms with Gasteiger partial charge in [0.25, 0.3) is 0 Å². The van der Waals surface area contributed by atoms with Gasteiger partial charge in [0.2, 0.25) is 0 Å². The van der Waals surface area contributed by atoms with Gasteiger partial charge in [-0.15, -0.1) is 0 Å². The van der Waals surface area contributed by atoms with Crippen LogP contribution in [0.25, 0.3) is 0 Å². The van der Waals surface area contributed by atoms with E-state index < -0.39 is 0 Å². The van der Waals surface area contributed by atoms with E-state index in [2.05, 4.69) is 5.43 Å². The van der Waals surface area contributed by atoms with Crippen LogP contribution in [0.1, 0.15) is 32.2 Å². The first kappa shape index (κ1) is 22.8. The Kier molecular flexibility index (Phi) is 6.82. The minimum absolute atomic E-state index is 0.0601. The summed E-state index contributed by atoms with van der Waals surface area (Å²) in [6, 6.07) is 38.8. The third-order valence-electron chi connectivity index (χ3n) is 6.74. The van der Waals surface area contributed by atoms with E-state index in [9.17, 15) is 9.59 Å². The number of rotatable bonds is 7. The van der Waals surface area contributed by atoms with Crippen molar-refractivity contribution in [3.05, 3.63) is 138 Å². The smallest absolute Gasteiger partial charge is 0.167 e. The second kappa shape index (κ2) is 10.5. The Morgan fingerprint density at radius 3 is 1.43 bits per heavy atom. The predicted molar refractivity (Wildman–Crippen MR) is 139 cm³/mol. The van der Waals surface area contributed by atoms with E-state index in [1.165, 1.54) is 0 Å². The van der Waals surface area contributed by atoms with Gasteiger partial charge in [0.1, 0.15) is 0 Å². The number of hydrogen-bond donors (Lipinski definition) is 1. The van der Waals surface area contributed by atoms with Gasteiger partial charge < -0.3 is 5.43 Å². The molecule has 0 aliphatic carbocycles. The van der Waals surface area contributed by atoms with Crippen LogP contribution in [0.5, 0.6) is 0 Å². The molecule has 0 amide bonds. The number of carbonyl (C=O) groups is 2. The largest absolute Gasteiger partial charge is 0.319 e. The van der Waals surface area contributed by atoms with Crippen molar-refractivity contribution in [2.45, 2.75) is 5.92 Å². The highest BCUT2D eigenvalue weighted by atomic mass is 16.1. The first-order chi connectivity index (χ1) is 17.2. The van der Waals surface area contributed by atoms with Crippen LogP contribution >= 0.6 is 0 Å². The Labute approximate surface area is 206 Å². The number of anilines is 1. The molecule has 1 aliphatic heterocycles. The van der Waals surface area contributed by atoms with E-state index in [0.29, 0.717) is 24.2 Å². The zero-order chi connectivity index (χ0) is 24.0. The maximum absolute atomic E-state index is 13.9. The van der Waals surface area contributed by atoms with Crippen LogP contribution in [0.3, 0.4) is 0 Å². The third kappa shape index (κ3) is 5.08. The second-order valence-electron chi connectivity index (χ2n) is 8.99. The summed E-state index contributed by atoms with van der Waals surface area (Å²) in [5.74, 6) is -0.884. The molecule has 4 heteroatoms. The van der Waals surface area contributed by atoms with Crippen LogP contribution in [0.4, 0.5) is 5.69 Å². The summed E-state index contributed by atoms with van der Waals surface area (Å²) in [6.07, 6.45) is 0. The number of Topliss-reactive ketones (excluding diaryl/α,β-unsaturated/α-hetero) is 2. The molecule has 1 saturated heterocycles. The molecule has 2 atom stereocenters. The van der Waals surface area contributed by atoms with Gasteiger partial charge >= 0.3 is 0 Å². The molecule has 1 heterocycles. The molecule has 1 N–H and O–H groups in total. The van der Waals surface area contributed by atoms with E-state index in [-0.39, 0.29) is 29.3 Å². The maximum Gasteiger partial charge on any atom is 0.167 e. The van der Waals surface area contributed by atoms with Crippen molar-refractivity contribution >= 4 is 17.3 Å². The van der Waals surface area contributed by atoms with Gasteiger partial charge in [-0.3, -0.25) is 9.59 Å². The molecule has 4 aromatic rings. The van der Waals surface area contributed by atoms with Crippen LogP contribution in [-0.4, -0.2) is 29.7 Å². The number of nitrogens with one attached hydrogen (secondary N) is 1. The van der Waals surface area contributed by atoms with Crippen molar-refractivity contribution < 1.29 is 9.59 Å². The average molecular weight is 461 g/mol. The molecule has 174 valence electrons. The maximum atomic E-state index is 13.9. The normalized spacial score (nSPS) is 20.2. The number of hydrazine groups is 1. The Bertz CT molecular complexity index is 1200. The molecule has 4 aromatic carbocycles. The number of carbonyl (C=O) groups excluding carboxylic acids is 2. The fourth-order valence-electron chi connectivity index (χ4n) is 5.11. The highest BCUT2D eigenvalue weighted by Crippen LogP contribution is 2.40. The average Bonchev–Trinajstić information content (AvgIpc) is 2.94. The van der Waals surface area contributed by atoms with Crippen LogP contribution in [-0.2, 0) is 0 Å². The van der Waals surface area contributed by atoms with Gasteiger partial charge in [0, 0.05) is 47.7 Å². The molecule has 2 unspecified atom stereocenters. The summed E-state index contributed by atoms with van der Waals surface area (Å²) in [4.78, 5) is 27.8. The van der Waals surface area contributed by atoms with Gasteiger partial charge in [-0.2, -0.15) is 0 Å². The Morgan fingerprint density at radius 1 is 0.571 bits per heavy atom. The first-order valence-corrected chi connectivity index (χ1v) is 12.0. The van der Waals surface area contributed by atoms with Crippen LogP contribution in [0, 0.1) is 11.8 Å². The zero-order valence-electron chi connectivity index (χ0n) is 19.5. The molecule has 0 spiro atoms. The number of ketones is 2. The molecule has 1 fully saturated rings. The van der Waals surface area contributed by atoms with Gasteiger partial charge in [-0.25, -0.2) is 5.01 Å². The molecule has 0 saturated carbocycles. The van der Waals surface area contributed by atoms with E-state index in [4.69, 9.17) is 0 Å². The third-order valence-corrected chi connectivity index (χ3v) is 6.74. The lowest BCUT2D eigenvalue weighted by Gasteiger charge is -2.43. The minimum Gasteiger partial charge on any atom is -0.319 e. The van der Waals surface area contributed by atoms with Gasteiger partial charge in [0.05, 0.1) is 0 Å². The number of para-hydroxylation sites is 1. The van der Waals surface area contributed by atoms with Crippen molar-refractivity contribution in [1.82, 2.24) is 5.01 Å². The molecule has 0 aromatic heterocycles. The van der Waals surface area contributed by atoms with Crippen molar-refractivity contribution in [2.24, 2.45) is 11.8 Å². The Balaban J connectivity index is 1.57. The summed E-state index contributed by atoms with van der Waals surface area (Å²) in [7, 11) is 0. The summed E-state index contributed by atoms with van der Waals surface area (Å²) in [6.45, 7) is 1.00. The van der Waals surface area contributed by atoms with Crippen LogP contribution in [0.2, 0.25) is 0 Å². The molecular formula is C31H28N2O2. The van der Waals surface area contributed by atoms with Gasteiger partial charge in [-0.1, -0.05) is 109 Å². The number of benzene rings is 4. The topological polar surface area (TPSA) is 49.4 Å². The fraction of sp³-hybridized carbons (Fsp3) is 0.161. The van der Waals surface area contributed by atoms with Crippen LogP contribution in [0.15, 0.2) is 121 Å². The molecule has 5 rings (SSSR count). The number of hydrogen-bond acceptors (Lipinski definition) is 4. The standard InChI is InChI=1S/C31H28N2O2/c34-30(24-15-7-2-8-16-24)27-21-33(32-26-19-11-4-12-20-26)22-28(29(27)23-13-5-1-6-14-23)31(35)25-17-9-3-10-18-25/h1-20,27-29,32H,21-22H2. The summed E-state index contributed by atoms with van der Waals surface area (Å²) in [5.41, 5.74) is 6.76. The lowest BCUT2D eigenvalue weighted by Crippen LogP contribution is -2.52. The quantitative estimate of drug-likeness (QED) is 0.338. The molecule has 1 aliphatic rings. The predicted octanol–water partition coefficient (Wildman–Crippen LogP) is 6.11. The van der Waals surface area contributed by atoms with Crippen molar-refractivity contribution in [3.63, 3.8) is 0 Å². The number of piperidine rings is 1. The summed E-state index contributed by atoms with van der Waals surface area (Å²) >= 11 is 0. The lowest BCUT2D eigenvalue weighted by atomic mass is 9.69. The van der Waals surface area contributed by atoms with Gasteiger partial charge in [0.15, 0.2) is 11.6 Å². The molecule has 35 heavy (non-hydrogen) atoms. The molecule has 0 radical (unpaired) electrons. The monoisotopic (exact) mass is 460 g/mol. The fourth-order valence-corrected chi connectivity index (χ4v) is 5.11. The highest BCUT2D eigenvalue weighted by Gasteiger charge is 2.45.